The van der Waals surface area contributed by atoms with E-state index in [1.54, 1.807) is 6.92 Å². The monoisotopic (exact) mass is 268 g/mol. The predicted octanol–water partition coefficient (Wildman–Crippen LogP) is 1.11. The van der Waals surface area contributed by atoms with Gasteiger partial charge < -0.3 is 10.0 Å². The molecule has 0 saturated carbocycles. The molecule has 0 bridgehead atoms. The van der Waals surface area contributed by atoms with Crippen LogP contribution in [-0.4, -0.2) is 53.0 Å². The van der Waals surface area contributed by atoms with Crippen molar-refractivity contribution >= 4 is 23.2 Å². The van der Waals surface area contributed by atoms with Crippen molar-refractivity contribution in [2.75, 3.05) is 26.2 Å². The highest BCUT2D eigenvalue weighted by Gasteiger charge is 2.20. The Morgan fingerprint density at radius 3 is 2.56 bits per heavy atom. The third-order valence-electron chi connectivity index (χ3n) is 3.15. The molecule has 6 heteroatoms. The first-order valence-corrected chi connectivity index (χ1v) is 6.73. The van der Waals surface area contributed by atoms with Crippen LogP contribution in [0.25, 0.3) is 0 Å². The topological polar surface area (TPSA) is 60.9 Å². The second-order valence-corrected chi connectivity index (χ2v) is 5.28. The molecule has 1 amide bonds. The van der Waals surface area contributed by atoms with E-state index in [4.69, 9.17) is 5.11 Å². The second kappa shape index (κ2) is 5.49. The van der Waals surface area contributed by atoms with Crippen LogP contribution in [0.2, 0.25) is 0 Å². The number of nitrogens with zero attached hydrogens (tertiary/aromatic N) is 2. The van der Waals surface area contributed by atoms with Crippen molar-refractivity contribution in [3.63, 3.8) is 0 Å². The maximum Gasteiger partial charge on any atom is 0.346 e. The molecule has 0 spiro atoms. The van der Waals surface area contributed by atoms with Gasteiger partial charge in [-0.25, -0.2) is 4.79 Å². The van der Waals surface area contributed by atoms with Crippen molar-refractivity contribution in [1.82, 2.24) is 9.80 Å². The molecule has 2 rings (SSSR count). The third kappa shape index (κ3) is 2.88. The predicted molar refractivity (Wildman–Crippen MR) is 68.8 cm³/mol. The highest BCUT2D eigenvalue weighted by molar-refractivity contribution is 7.12. The summed E-state index contributed by atoms with van der Waals surface area (Å²) in [5, 5.41) is 10.8. The molecule has 0 radical (unpaired) electrons. The normalized spacial score (nSPS) is 16.8. The Kier molecular flexibility index (Phi) is 3.98. The summed E-state index contributed by atoms with van der Waals surface area (Å²) < 4.78 is 0. The number of thiophene rings is 1. The summed E-state index contributed by atoms with van der Waals surface area (Å²) in [4.78, 5) is 26.6. The molecular formula is C12H16N2O3S. The fraction of sp³-hybridized carbons (Fsp3) is 0.500. The highest BCUT2D eigenvalue weighted by Crippen LogP contribution is 2.19. The molecule has 18 heavy (non-hydrogen) atoms. The van der Waals surface area contributed by atoms with Crippen molar-refractivity contribution < 1.29 is 14.7 Å². The molecule has 1 aliphatic rings. The quantitative estimate of drug-likeness (QED) is 0.892. The molecule has 1 saturated heterocycles. The number of piperazine rings is 1. The average Bonchev–Trinajstić information content (AvgIpc) is 2.78. The van der Waals surface area contributed by atoms with Crippen LogP contribution < -0.4 is 0 Å². The van der Waals surface area contributed by atoms with Gasteiger partial charge in [0.2, 0.25) is 5.91 Å². The maximum absolute atomic E-state index is 11.2. The van der Waals surface area contributed by atoms with E-state index < -0.39 is 5.97 Å². The first-order valence-electron chi connectivity index (χ1n) is 5.85. The van der Waals surface area contributed by atoms with Gasteiger partial charge in [-0.05, 0) is 17.0 Å². The molecular weight excluding hydrogens is 252 g/mol. The van der Waals surface area contributed by atoms with Crippen molar-refractivity contribution in [3.8, 4) is 0 Å². The fourth-order valence-electron chi connectivity index (χ4n) is 2.11. The van der Waals surface area contributed by atoms with Gasteiger partial charge in [-0.15, -0.1) is 11.3 Å². The number of amides is 1. The van der Waals surface area contributed by atoms with Gasteiger partial charge in [0.1, 0.15) is 4.88 Å². The molecule has 1 aromatic heterocycles. The lowest BCUT2D eigenvalue weighted by atomic mass is 10.2. The summed E-state index contributed by atoms with van der Waals surface area (Å²) in [5.74, 6) is -0.751. The number of carbonyl (C=O) groups excluding carboxylic acids is 1. The smallest absolute Gasteiger partial charge is 0.346 e. The zero-order valence-corrected chi connectivity index (χ0v) is 11.1. The molecule has 1 N–H and O–H groups in total. The molecule has 5 nitrogen and oxygen atoms in total. The lowest BCUT2D eigenvalue weighted by Crippen LogP contribution is -2.47. The standard InChI is InChI=1S/C12H16N2O3S/c1-9(15)14-5-3-13(4-6-14)8-10-2-7-18-11(10)12(16)17/h2,7H,3-6,8H2,1H3,(H,16,17). The van der Waals surface area contributed by atoms with Crippen molar-refractivity contribution in [2.45, 2.75) is 13.5 Å². The van der Waals surface area contributed by atoms with E-state index in [-0.39, 0.29) is 5.91 Å². The number of hydrogen-bond acceptors (Lipinski definition) is 4. The molecule has 0 aromatic carbocycles. The molecule has 0 unspecified atom stereocenters. The SMILES string of the molecule is CC(=O)N1CCN(Cc2ccsc2C(=O)O)CC1. The zero-order chi connectivity index (χ0) is 13.1. The number of hydrogen-bond donors (Lipinski definition) is 1. The highest BCUT2D eigenvalue weighted by atomic mass is 32.1. The van der Waals surface area contributed by atoms with Gasteiger partial charge in [-0.1, -0.05) is 0 Å². The lowest BCUT2D eigenvalue weighted by molar-refractivity contribution is -0.130. The third-order valence-corrected chi connectivity index (χ3v) is 4.10. The molecule has 1 aromatic rings. The first kappa shape index (κ1) is 13.0. The van der Waals surface area contributed by atoms with Gasteiger partial charge in [0.15, 0.2) is 0 Å². The molecule has 0 atom stereocenters. The minimum Gasteiger partial charge on any atom is -0.477 e. The largest absolute Gasteiger partial charge is 0.477 e. The van der Waals surface area contributed by atoms with Crippen molar-refractivity contribution in [3.05, 3.63) is 21.9 Å². The van der Waals surface area contributed by atoms with Gasteiger partial charge in [-0.3, -0.25) is 9.69 Å². The summed E-state index contributed by atoms with van der Waals surface area (Å²) in [7, 11) is 0. The Bertz CT molecular complexity index is 450. The Morgan fingerprint density at radius 1 is 1.33 bits per heavy atom. The van der Waals surface area contributed by atoms with Crippen LogP contribution in [0, 0.1) is 0 Å². The van der Waals surface area contributed by atoms with Crippen LogP contribution in [0.5, 0.6) is 0 Å². The summed E-state index contributed by atoms with van der Waals surface area (Å²) in [6.45, 7) is 5.28. The van der Waals surface area contributed by atoms with Crippen molar-refractivity contribution in [2.24, 2.45) is 0 Å². The van der Waals surface area contributed by atoms with E-state index in [9.17, 15) is 9.59 Å². The van der Waals surface area contributed by atoms with Crippen molar-refractivity contribution in [1.29, 1.82) is 0 Å². The van der Waals surface area contributed by atoms with Crippen LogP contribution >= 0.6 is 11.3 Å². The lowest BCUT2D eigenvalue weighted by Gasteiger charge is -2.34. The van der Waals surface area contributed by atoms with Crippen LogP contribution in [0.4, 0.5) is 0 Å². The van der Waals surface area contributed by atoms with E-state index in [0.29, 0.717) is 11.4 Å². The number of carboxylic acid groups (broad SMARTS) is 1. The van der Waals surface area contributed by atoms with E-state index >= 15 is 0 Å². The fourth-order valence-corrected chi connectivity index (χ4v) is 2.86. The van der Waals surface area contributed by atoms with Crippen LogP contribution in [0.15, 0.2) is 11.4 Å². The van der Waals surface area contributed by atoms with E-state index in [1.165, 1.54) is 11.3 Å². The van der Waals surface area contributed by atoms with E-state index in [2.05, 4.69) is 4.90 Å². The summed E-state index contributed by atoms with van der Waals surface area (Å²) in [6.07, 6.45) is 0. The first-order chi connectivity index (χ1) is 8.58. The van der Waals surface area contributed by atoms with Crippen LogP contribution in [-0.2, 0) is 11.3 Å². The summed E-state index contributed by atoms with van der Waals surface area (Å²) in [5.41, 5.74) is 0.865. The molecule has 98 valence electrons. The van der Waals surface area contributed by atoms with Gasteiger partial charge in [-0.2, -0.15) is 0 Å². The number of carbonyl (C=O) groups is 2. The second-order valence-electron chi connectivity index (χ2n) is 4.36. The summed E-state index contributed by atoms with van der Waals surface area (Å²) >= 11 is 1.26. The average molecular weight is 268 g/mol. The maximum atomic E-state index is 11.2. The Morgan fingerprint density at radius 2 is 2.00 bits per heavy atom. The van der Waals surface area contributed by atoms with Gasteiger partial charge in [0.25, 0.3) is 0 Å². The molecule has 1 aliphatic heterocycles. The number of aromatic carboxylic acids is 1. The minimum atomic E-state index is -0.859. The molecule has 0 aliphatic carbocycles. The Hall–Kier alpha value is -1.40. The van der Waals surface area contributed by atoms with Crippen LogP contribution in [0.1, 0.15) is 22.2 Å². The van der Waals surface area contributed by atoms with E-state index in [0.717, 1.165) is 31.7 Å². The number of carboxylic acids is 1. The van der Waals surface area contributed by atoms with Gasteiger partial charge in [0.05, 0.1) is 0 Å². The van der Waals surface area contributed by atoms with Gasteiger partial charge >= 0.3 is 5.97 Å². The minimum absolute atomic E-state index is 0.108. The zero-order valence-electron chi connectivity index (χ0n) is 10.3. The van der Waals surface area contributed by atoms with Crippen LogP contribution in [0.3, 0.4) is 0 Å². The molecule has 1 fully saturated rings. The summed E-state index contributed by atoms with van der Waals surface area (Å²) in [6, 6.07) is 1.87. The number of rotatable bonds is 3. The molecule has 2 heterocycles. The Labute approximate surface area is 110 Å². The van der Waals surface area contributed by atoms with Gasteiger partial charge in [0, 0.05) is 39.6 Å². The van der Waals surface area contributed by atoms with E-state index in [1.807, 2.05) is 16.3 Å². The Balaban J connectivity index is 1.93.